The summed E-state index contributed by atoms with van der Waals surface area (Å²) in [5.74, 6) is -0.395. The van der Waals surface area contributed by atoms with Crippen LogP contribution < -0.4 is 0 Å². The largest absolute Gasteiger partial charge is 0.464 e. The van der Waals surface area contributed by atoms with Gasteiger partial charge in [0.05, 0.1) is 18.8 Å². The van der Waals surface area contributed by atoms with Gasteiger partial charge in [0.15, 0.2) is 5.60 Å². The smallest absolute Gasteiger partial charge is 0.343 e. The van der Waals surface area contributed by atoms with Gasteiger partial charge in [-0.05, 0) is 19.4 Å². The molecular formula is C16H22O4. The summed E-state index contributed by atoms with van der Waals surface area (Å²) in [6, 6.07) is 9.34. The van der Waals surface area contributed by atoms with Gasteiger partial charge in [0.25, 0.3) is 0 Å². The third-order valence-electron chi connectivity index (χ3n) is 4.10. The summed E-state index contributed by atoms with van der Waals surface area (Å²) in [7, 11) is 0. The van der Waals surface area contributed by atoms with Crippen molar-refractivity contribution in [1.29, 1.82) is 0 Å². The fourth-order valence-electron chi connectivity index (χ4n) is 3.11. The molecule has 1 aromatic carbocycles. The highest BCUT2D eigenvalue weighted by Crippen LogP contribution is 2.57. The molecule has 4 heteroatoms. The Kier molecular flexibility index (Phi) is 3.89. The van der Waals surface area contributed by atoms with Gasteiger partial charge in [-0.15, -0.1) is 0 Å². The van der Waals surface area contributed by atoms with E-state index in [1.165, 1.54) is 0 Å². The van der Waals surface area contributed by atoms with Crippen molar-refractivity contribution >= 4 is 5.97 Å². The summed E-state index contributed by atoms with van der Waals surface area (Å²) < 4.78 is 11.1. The van der Waals surface area contributed by atoms with E-state index in [0.29, 0.717) is 6.61 Å². The topological polar surface area (TPSA) is 55.8 Å². The number of carbonyl (C=O) groups is 1. The van der Waals surface area contributed by atoms with Gasteiger partial charge in [0, 0.05) is 5.41 Å². The van der Waals surface area contributed by atoms with Crippen LogP contribution in [-0.2, 0) is 19.9 Å². The van der Waals surface area contributed by atoms with Gasteiger partial charge < -0.3 is 14.6 Å². The van der Waals surface area contributed by atoms with Crippen LogP contribution in [0.15, 0.2) is 30.3 Å². The number of ether oxygens (including phenoxy) is 2. The van der Waals surface area contributed by atoms with E-state index in [1.807, 2.05) is 44.2 Å². The lowest BCUT2D eigenvalue weighted by atomic mass is 9.61. The summed E-state index contributed by atoms with van der Waals surface area (Å²) in [6.07, 6.45) is -1.04. The molecule has 0 aromatic heterocycles. The van der Waals surface area contributed by atoms with E-state index in [2.05, 4.69) is 0 Å². The SMILES string of the molecule is CCOC(=O)[C@]1(c2ccccc2)O[C@@H](C(C)O)C1(C)C. The van der Waals surface area contributed by atoms with Crippen LogP contribution in [-0.4, -0.2) is 29.9 Å². The molecule has 110 valence electrons. The fourth-order valence-corrected chi connectivity index (χ4v) is 3.11. The van der Waals surface area contributed by atoms with E-state index < -0.39 is 29.2 Å². The summed E-state index contributed by atoms with van der Waals surface area (Å²) in [5.41, 5.74) is -0.930. The van der Waals surface area contributed by atoms with E-state index in [9.17, 15) is 9.90 Å². The van der Waals surface area contributed by atoms with Crippen LogP contribution in [0.1, 0.15) is 33.3 Å². The molecule has 1 aromatic rings. The molecule has 1 fully saturated rings. The Bertz CT molecular complexity index is 481. The number of carbonyl (C=O) groups excluding carboxylic acids is 1. The number of hydrogen-bond donors (Lipinski definition) is 1. The number of aliphatic hydroxyl groups is 1. The summed E-state index contributed by atoms with van der Waals surface area (Å²) in [4.78, 5) is 12.5. The molecule has 0 radical (unpaired) electrons. The Balaban J connectivity index is 2.46. The van der Waals surface area contributed by atoms with E-state index in [-0.39, 0.29) is 0 Å². The Morgan fingerprint density at radius 1 is 1.40 bits per heavy atom. The lowest BCUT2D eigenvalue weighted by Gasteiger charge is -2.60. The average Bonchev–Trinajstić information content (AvgIpc) is 2.39. The Hall–Kier alpha value is -1.39. The van der Waals surface area contributed by atoms with Crippen LogP contribution in [0, 0.1) is 5.41 Å². The first-order valence-corrected chi connectivity index (χ1v) is 6.96. The molecule has 1 aliphatic heterocycles. The Labute approximate surface area is 119 Å². The molecule has 3 atom stereocenters. The van der Waals surface area contributed by atoms with E-state index in [1.54, 1.807) is 13.8 Å². The zero-order valence-corrected chi connectivity index (χ0v) is 12.4. The quantitative estimate of drug-likeness (QED) is 0.858. The van der Waals surface area contributed by atoms with Gasteiger partial charge >= 0.3 is 5.97 Å². The van der Waals surface area contributed by atoms with Crippen LogP contribution >= 0.6 is 0 Å². The predicted molar refractivity (Wildman–Crippen MR) is 75.1 cm³/mol. The number of aliphatic hydroxyl groups excluding tert-OH is 1. The summed E-state index contributed by atoms with van der Waals surface area (Å²) >= 11 is 0. The molecular weight excluding hydrogens is 256 g/mol. The second-order valence-corrected chi connectivity index (χ2v) is 5.77. The summed E-state index contributed by atoms with van der Waals surface area (Å²) in [5, 5.41) is 9.82. The predicted octanol–water partition coefficient (Wildman–Crippen LogP) is 2.25. The highest BCUT2D eigenvalue weighted by molar-refractivity contribution is 5.84. The Morgan fingerprint density at radius 2 is 2.00 bits per heavy atom. The van der Waals surface area contributed by atoms with Crippen molar-refractivity contribution in [2.45, 2.75) is 45.5 Å². The van der Waals surface area contributed by atoms with Crippen LogP contribution in [0.3, 0.4) is 0 Å². The normalized spacial score (nSPS) is 29.4. The third-order valence-corrected chi connectivity index (χ3v) is 4.10. The van der Waals surface area contributed by atoms with Crippen LogP contribution in [0.5, 0.6) is 0 Å². The minimum absolute atomic E-state index is 0.298. The van der Waals surface area contributed by atoms with Gasteiger partial charge in [-0.3, -0.25) is 0 Å². The third kappa shape index (κ3) is 1.95. The van der Waals surface area contributed by atoms with Crippen LogP contribution in [0.2, 0.25) is 0 Å². The molecule has 1 saturated heterocycles. The zero-order valence-electron chi connectivity index (χ0n) is 12.4. The molecule has 0 aliphatic carbocycles. The second-order valence-electron chi connectivity index (χ2n) is 5.77. The number of hydrogen-bond acceptors (Lipinski definition) is 4. The van der Waals surface area contributed by atoms with Gasteiger partial charge in [0.1, 0.15) is 0 Å². The first-order valence-electron chi connectivity index (χ1n) is 6.96. The van der Waals surface area contributed by atoms with Gasteiger partial charge in [-0.1, -0.05) is 44.2 Å². The van der Waals surface area contributed by atoms with E-state index >= 15 is 0 Å². The van der Waals surface area contributed by atoms with Crippen molar-refractivity contribution in [3.63, 3.8) is 0 Å². The van der Waals surface area contributed by atoms with Crippen molar-refractivity contribution in [3.8, 4) is 0 Å². The minimum Gasteiger partial charge on any atom is -0.464 e. The van der Waals surface area contributed by atoms with Crippen molar-refractivity contribution in [1.82, 2.24) is 0 Å². The number of rotatable bonds is 4. The monoisotopic (exact) mass is 278 g/mol. The maximum atomic E-state index is 12.5. The maximum Gasteiger partial charge on any atom is 0.343 e. The molecule has 4 nitrogen and oxygen atoms in total. The van der Waals surface area contributed by atoms with E-state index in [4.69, 9.17) is 9.47 Å². The molecule has 0 amide bonds. The average molecular weight is 278 g/mol. The number of benzene rings is 1. The lowest BCUT2D eigenvalue weighted by molar-refractivity contribution is -0.328. The molecule has 0 spiro atoms. The first-order chi connectivity index (χ1) is 9.38. The minimum atomic E-state index is -1.15. The second kappa shape index (κ2) is 5.19. The molecule has 1 N–H and O–H groups in total. The van der Waals surface area contributed by atoms with Gasteiger partial charge in [-0.2, -0.15) is 0 Å². The first kappa shape index (κ1) is 15.0. The van der Waals surface area contributed by atoms with Crippen molar-refractivity contribution in [2.24, 2.45) is 5.41 Å². The van der Waals surface area contributed by atoms with Crippen LogP contribution in [0.25, 0.3) is 0 Å². The number of esters is 1. The van der Waals surface area contributed by atoms with Crippen molar-refractivity contribution in [2.75, 3.05) is 6.61 Å². The molecule has 1 unspecified atom stereocenters. The molecule has 2 rings (SSSR count). The molecule has 20 heavy (non-hydrogen) atoms. The van der Waals surface area contributed by atoms with Gasteiger partial charge in [0.2, 0.25) is 0 Å². The molecule has 0 bridgehead atoms. The van der Waals surface area contributed by atoms with Crippen LogP contribution in [0.4, 0.5) is 0 Å². The standard InChI is InChI=1S/C16H22O4/c1-5-19-14(18)16(12-9-7-6-8-10-12)15(3,4)13(20-16)11(2)17/h6-11,13,17H,5H2,1-4H3/t11?,13-,16-/m0/s1. The zero-order chi connectivity index (χ0) is 15.0. The van der Waals surface area contributed by atoms with Crippen molar-refractivity contribution < 1.29 is 19.4 Å². The molecule has 0 saturated carbocycles. The lowest BCUT2D eigenvalue weighted by Crippen LogP contribution is -2.70. The maximum absolute atomic E-state index is 12.5. The molecule has 1 heterocycles. The highest BCUT2D eigenvalue weighted by Gasteiger charge is 2.69. The fraction of sp³-hybridized carbons (Fsp3) is 0.562. The van der Waals surface area contributed by atoms with Crippen molar-refractivity contribution in [3.05, 3.63) is 35.9 Å². The van der Waals surface area contributed by atoms with Gasteiger partial charge in [-0.25, -0.2) is 4.79 Å². The van der Waals surface area contributed by atoms with E-state index in [0.717, 1.165) is 5.56 Å². The molecule has 1 aliphatic rings. The Morgan fingerprint density at radius 3 is 2.45 bits per heavy atom. The summed E-state index contributed by atoms with van der Waals surface area (Å²) in [6.45, 7) is 7.60. The highest BCUT2D eigenvalue weighted by atomic mass is 16.6.